The van der Waals surface area contributed by atoms with Gasteiger partial charge in [0.2, 0.25) is 11.5 Å². The first-order valence-electron chi connectivity index (χ1n) is 10.8. The molecule has 0 bridgehead atoms. The molecule has 0 aromatic carbocycles. The molecule has 35 heavy (non-hydrogen) atoms. The van der Waals surface area contributed by atoms with Gasteiger partial charge >= 0.3 is 6.18 Å². The molecule has 180 valence electrons. The molecular weight excluding hydrogens is 463 g/mol. The lowest BCUT2D eigenvalue weighted by molar-refractivity contribution is -0.141. The van der Waals surface area contributed by atoms with E-state index in [4.69, 9.17) is 4.74 Å². The Balaban J connectivity index is 1.59. The van der Waals surface area contributed by atoms with Crippen molar-refractivity contribution in [2.75, 3.05) is 24.6 Å². The summed E-state index contributed by atoms with van der Waals surface area (Å²) in [6.07, 6.45) is -2.24. The third-order valence-electron chi connectivity index (χ3n) is 5.78. The van der Waals surface area contributed by atoms with Gasteiger partial charge in [-0.15, -0.1) is 0 Å². The fraction of sp³-hybridized carbons (Fsp3) is 0.304. The zero-order valence-corrected chi connectivity index (χ0v) is 18.8. The normalized spacial score (nSPS) is 16.6. The number of aryl methyl sites for hydroxylation is 2. The van der Waals surface area contributed by atoms with Crippen molar-refractivity contribution in [3.63, 3.8) is 0 Å². The van der Waals surface area contributed by atoms with Gasteiger partial charge in [-0.3, -0.25) is 9.78 Å². The van der Waals surface area contributed by atoms with Gasteiger partial charge in [0.15, 0.2) is 5.65 Å². The van der Waals surface area contributed by atoms with Crippen molar-refractivity contribution in [3.05, 3.63) is 69.7 Å². The Hall–Kier alpha value is -3.93. The van der Waals surface area contributed by atoms with Gasteiger partial charge in [0.1, 0.15) is 23.0 Å². The maximum Gasteiger partial charge on any atom is 0.433 e. The van der Waals surface area contributed by atoms with Gasteiger partial charge in [0.05, 0.1) is 24.5 Å². The summed E-state index contributed by atoms with van der Waals surface area (Å²) in [5.74, 6) is 0.336. The number of aromatic amines is 1. The number of hydrogen-bond donors (Lipinski definition) is 1. The van der Waals surface area contributed by atoms with Gasteiger partial charge in [-0.05, 0) is 37.6 Å². The lowest BCUT2D eigenvalue weighted by Crippen LogP contribution is -2.39. The number of hydrogen-bond acceptors (Lipinski definition) is 8. The molecule has 1 atom stereocenters. The zero-order valence-electron chi connectivity index (χ0n) is 18.8. The molecule has 5 heterocycles. The molecule has 0 saturated carbocycles. The standard InChI is InChI=1S/C23H20F3N7O2/c1-12-13(2)30-21-20(29-12)19(15-3-4-17(28-10-15)23(24,25)26)31-22(32-21)33-7-8-35-16(11-33)14-5-6-27-18(34)9-14/h3-6,9-10,16H,7-8,11H2,1-2H3,(H,27,34)/t16-/m1/s1. The molecule has 1 saturated heterocycles. The molecular formula is C23H20F3N7O2. The predicted molar refractivity (Wildman–Crippen MR) is 121 cm³/mol. The number of fused-ring (bicyclic) bond motifs is 1. The molecule has 1 aliphatic heterocycles. The van der Waals surface area contributed by atoms with E-state index in [1.165, 1.54) is 12.1 Å². The zero-order chi connectivity index (χ0) is 24.7. The first-order valence-corrected chi connectivity index (χ1v) is 10.8. The number of morpholine rings is 1. The van der Waals surface area contributed by atoms with E-state index in [0.29, 0.717) is 59.5 Å². The minimum Gasteiger partial charge on any atom is -0.370 e. The van der Waals surface area contributed by atoms with E-state index in [1.54, 1.807) is 26.1 Å². The van der Waals surface area contributed by atoms with Gasteiger partial charge in [-0.1, -0.05) is 0 Å². The first-order chi connectivity index (χ1) is 16.7. The number of nitrogens with one attached hydrogen (secondary N) is 1. The predicted octanol–water partition coefficient (Wildman–Crippen LogP) is 3.38. The molecule has 5 rings (SSSR count). The monoisotopic (exact) mass is 483 g/mol. The molecule has 9 nitrogen and oxygen atoms in total. The molecule has 4 aromatic rings. The number of halogens is 3. The molecule has 12 heteroatoms. The number of H-pyrrole nitrogens is 1. The van der Waals surface area contributed by atoms with Crippen LogP contribution in [0.3, 0.4) is 0 Å². The molecule has 1 N–H and O–H groups in total. The SMILES string of the molecule is Cc1nc2nc(N3CCO[C@@H](c4cc[nH]c(=O)c4)C3)nc(-c3ccc(C(F)(F)F)nc3)c2nc1C. The Morgan fingerprint density at radius 2 is 1.89 bits per heavy atom. The van der Waals surface area contributed by atoms with E-state index >= 15 is 0 Å². The summed E-state index contributed by atoms with van der Waals surface area (Å²) < 4.78 is 44.9. The van der Waals surface area contributed by atoms with Crippen LogP contribution in [0.15, 0.2) is 41.5 Å². The van der Waals surface area contributed by atoms with E-state index in [0.717, 1.165) is 17.8 Å². The lowest BCUT2D eigenvalue weighted by atomic mass is 10.1. The van der Waals surface area contributed by atoms with Gasteiger partial charge in [-0.2, -0.15) is 18.2 Å². The fourth-order valence-electron chi connectivity index (χ4n) is 3.84. The average Bonchev–Trinajstić information content (AvgIpc) is 2.84. The summed E-state index contributed by atoms with van der Waals surface area (Å²) in [6, 6.07) is 5.48. The summed E-state index contributed by atoms with van der Waals surface area (Å²) in [6.45, 7) is 4.82. The topological polar surface area (TPSA) is 110 Å². The highest BCUT2D eigenvalue weighted by Crippen LogP contribution is 2.32. The number of alkyl halides is 3. The number of aromatic nitrogens is 6. The van der Waals surface area contributed by atoms with Gasteiger partial charge in [0.25, 0.3) is 0 Å². The number of rotatable bonds is 3. The van der Waals surface area contributed by atoms with E-state index < -0.39 is 11.9 Å². The summed E-state index contributed by atoms with van der Waals surface area (Å²) in [5, 5.41) is 0. The first kappa shape index (κ1) is 22.8. The third kappa shape index (κ3) is 4.56. The minimum atomic E-state index is -4.55. The molecule has 1 aliphatic rings. The van der Waals surface area contributed by atoms with Crippen molar-refractivity contribution < 1.29 is 17.9 Å². The molecule has 1 fully saturated rings. The Bertz CT molecular complexity index is 1450. The largest absolute Gasteiger partial charge is 0.433 e. The van der Waals surface area contributed by atoms with Crippen molar-refractivity contribution in [3.8, 4) is 11.3 Å². The van der Waals surface area contributed by atoms with Crippen molar-refractivity contribution >= 4 is 17.1 Å². The van der Waals surface area contributed by atoms with E-state index in [-0.39, 0.29) is 11.7 Å². The Kier molecular flexibility index (Phi) is 5.67. The second-order valence-electron chi connectivity index (χ2n) is 8.16. The highest BCUT2D eigenvalue weighted by Gasteiger charge is 2.32. The number of ether oxygens (including phenoxy) is 1. The molecule has 0 spiro atoms. The molecule has 0 aliphatic carbocycles. The third-order valence-corrected chi connectivity index (χ3v) is 5.78. The molecule has 0 unspecified atom stereocenters. The van der Waals surface area contributed by atoms with Gasteiger partial charge < -0.3 is 14.6 Å². The molecule has 0 radical (unpaired) electrons. The van der Waals surface area contributed by atoms with Crippen LogP contribution in [0, 0.1) is 13.8 Å². The van der Waals surface area contributed by atoms with Crippen molar-refractivity contribution in [2.45, 2.75) is 26.1 Å². The maximum atomic E-state index is 13.0. The van der Waals surface area contributed by atoms with Crippen LogP contribution >= 0.6 is 0 Å². The Morgan fingerprint density at radius 3 is 2.60 bits per heavy atom. The van der Waals surface area contributed by atoms with Crippen LogP contribution in [0.1, 0.15) is 28.7 Å². The average molecular weight is 483 g/mol. The fourth-order valence-corrected chi connectivity index (χ4v) is 3.84. The summed E-state index contributed by atoms with van der Waals surface area (Å²) >= 11 is 0. The van der Waals surface area contributed by atoms with E-state index in [2.05, 4.69) is 29.9 Å². The van der Waals surface area contributed by atoms with Crippen LogP contribution < -0.4 is 10.5 Å². The van der Waals surface area contributed by atoms with Crippen molar-refractivity contribution in [1.82, 2.24) is 29.9 Å². The van der Waals surface area contributed by atoms with Crippen LogP contribution in [0.25, 0.3) is 22.4 Å². The van der Waals surface area contributed by atoms with Gasteiger partial charge in [0, 0.05) is 30.6 Å². The summed E-state index contributed by atoms with van der Waals surface area (Å²) in [7, 11) is 0. The number of anilines is 1. The highest BCUT2D eigenvalue weighted by atomic mass is 19.4. The van der Waals surface area contributed by atoms with E-state index in [1.807, 2.05) is 4.90 Å². The van der Waals surface area contributed by atoms with Crippen LogP contribution in [0.5, 0.6) is 0 Å². The highest BCUT2D eigenvalue weighted by molar-refractivity contribution is 5.87. The summed E-state index contributed by atoms with van der Waals surface area (Å²) in [4.78, 5) is 38.2. The van der Waals surface area contributed by atoms with Crippen LogP contribution in [0.4, 0.5) is 19.1 Å². The van der Waals surface area contributed by atoms with Crippen molar-refractivity contribution in [1.29, 1.82) is 0 Å². The molecule has 0 amide bonds. The number of pyridine rings is 2. The Morgan fingerprint density at radius 1 is 1.09 bits per heavy atom. The Labute approximate surface area is 197 Å². The summed E-state index contributed by atoms with van der Waals surface area (Å²) in [5.41, 5.74) is 2.24. The van der Waals surface area contributed by atoms with Crippen LogP contribution in [0.2, 0.25) is 0 Å². The second kappa shape index (κ2) is 8.69. The maximum absolute atomic E-state index is 13.0. The second-order valence-corrected chi connectivity index (χ2v) is 8.16. The minimum absolute atomic E-state index is 0.233. The molecule has 4 aromatic heterocycles. The smallest absolute Gasteiger partial charge is 0.370 e. The van der Waals surface area contributed by atoms with E-state index in [9.17, 15) is 18.0 Å². The quantitative estimate of drug-likeness (QED) is 0.472. The van der Waals surface area contributed by atoms with Crippen LogP contribution in [-0.2, 0) is 10.9 Å². The van der Waals surface area contributed by atoms with Crippen LogP contribution in [-0.4, -0.2) is 49.6 Å². The van der Waals surface area contributed by atoms with Crippen molar-refractivity contribution in [2.24, 2.45) is 0 Å². The van der Waals surface area contributed by atoms with Gasteiger partial charge in [-0.25, -0.2) is 15.0 Å². The number of nitrogens with zero attached hydrogens (tertiary/aromatic N) is 6. The lowest BCUT2D eigenvalue weighted by Gasteiger charge is -2.33.